The lowest BCUT2D eigenvalue weighted by molar-refractivity contribution is -0.129. The lowest BCUT2D eigenvalue weighted by Gasteiger charge is -2.21. The highest BCUT2D eigenvalue weighted by atomic mass is 16.6. The van der Waals surface area contributed by atoms with Crippen LogP contribution in [0.3, 0.4) is 0 Å². The van der Waals surface area contributed by atoms with Crippen LogP contribution in [0.15, 0.2) is 0 Å². The van der Waals surface area contributed by atoms with Gasteiger partial charge in [0.1, 0.15) is 38.6 Å². The van der Waals surface area contributed by atoms with Crippen molar-refractivity contribution in [2.45, 2.75) is 116 Å². The van der Waals surface area contributed by atoms with Crippen LogP contribution in [0, 0.1) is 0 Å². The molecule has 60 heavy (non-hydrogen) atoms. The van der Waals surface area contributed by atoms with Gasteiger partial charge in [0, 0.05) is 0 Å². The van der Waals surface area contributed by atoms with Gasteiger partial charge in [-0.3, -0.25) is 40.9 Å². The van der Waals surface area contributed by atoms with Gasteiger partial charge in [0.25, 0.3) is 23.6 Å². The highest BCUT2D eigenvalue weighted by Gasteiger charge is 2.14. The molecule has 0 spiro atoms. The van der Waals surface area contributed by atoms with E-state index in [1.54, 1.807) is 0 Å². The molecule has 0 rings (SSSR count). The number of nitrogens with one attached hydrogen (secondary N) is 4. The fourth-order valence-corrected chi connectivity index (χ4v) is 2.87. The van der Waals surface area contributed by atoms with Crippen molar-refractivity contribution in [1.82, 2.24) is 21.7 Å². The summed E-state index contributed by atoms with van der Waals surface area (Å²) in [6, 6.07) is 0. The summed E-state index contributed by atoms with van der Waals surface area (Å²) in [6.07, 6.45) is -1.00. The number of nitrogens with two attached hydrogens (primary N) is 4. The molecule has 0 aromatic heterocycles. The predicted molar refractivity (Wildman–Crippen MR) is 250 cm³/mol. The molecule has 0 bridgehead atoms. The fourth-order valence-electron chi connectivity index (χ4n) is 2.87. The number of carbonyl (C=O) groups is 4. The van der Waals surface area contributed by atoms with Crippen LogP contribution in [-0.2, 0) is 66.5 Å². The van der Waals surface area contributed by atoms with Gasteiger partial charge in [0.2, 0.25) is 0 Å². The molecule has 0 aromatic carbocycles. The number of carbonyl (C=O) groups excluding carboxylic acids is 4. The third-order valence-corrected chi connectivity index (χ3v) is 5.07. The molecule has 382 valence electrons. The van der Waals surface area contributed by atoms with E-state index in [4.69, 9.17) is 70.7 Å². The van der Waals surface area contributed by atoms with Crippen LogP contribution in [0.5, 0.6) is 0 Å². The minimum absolute atomic E-state index is 0. The van der Waals surface area contributed by atoms with Gasteiger partial charge < -0.3 is 47.4 Å². The summed E-state index contributed by atoms with van der Waals surface area (Å²) in [6.45, 7) is 1.42. The van der Waals surface area contributed by atoms with Crippen LogP contribution in [0.1, 0.15) is 104 Å². The van der Waals surface area contributed by atoms with Crippen molar-refractivity contribution in [2.24, 2.45) is 23.4 Å². The second kappa shape index (κ2) is 77.0. The molecule has 0 aromatic rings. The highest BCUT2D eigenvalue weighted by Crippen LogP contribution is 2.00. The summed E-state index contributed by atoms with van der Waals surface area (Å²) in [4.78, 5) is 44.4. The molecular formula is C38H106N8O14. The Balaban J connectivity index is -0.000000111. The number of hydrogen-bond donors (Lipinski definition) is 8. The number of hydrazine groups is 4. The molecular weight excluding hydrogens is 792 g/mol. The van der Waals surface area contributed by atoms with E-state index in [1.165, 1.54) is 0 Å². The van der Waals surface area contributed by atoms with Gasteiger partial charge >= 0.3 is 0 Å². The van der Waals surface area contributed by atoms with Gasteiger partial charge in [-0.05, 0) is 0 Å². The molecule has 0 aliphatic heterocycles. The van der Waals surface area contributed by atoms with E-state index in [2.05, 4.69) is 0 Å². The van der Waals surface area contributed by atoms with Crippen molar-refractivity contribution in [3.63, 3.8) is 0 Å². The van der Waals surface area contributed by atoms with Gasteiger partial charge in [0.15, 0.2) is 0 Å². The number of rotatable bonds is 33. The predicted octanol–water partition coefficient (Wildman–Crippen LogP) is 2.75. The van der Waals surface area contributed by atoms with Crippen molar-refractivity contribution >= 4 is 23.6 Å². The third kappa shape index (κ3) is 69.9. The van der Waals surface area contributed by atoms with E-state index < -0.39 is 35.8 Å². The Morgan fingerprint density at radius 2 is 0.467 bits per heavy atom. The third-order valence-electron chi connectivity index (χ3n) is 5.07. The van der Waals surface area contributed by atoms with E-state index in [9.17, 15) is 19.2 Å². The average Bonchev–Trinajstić information content (AvgIpc) is 3.07. The molecule has 0 heterocycles. The normalized spacial score (nSPS) is 8.57. The van der Waals surface area contributed by atoms with Crippen LogP contribution in [-0.4, -0.2) is 155 Å². The summed E-state index contributed by atoms with van der Waals surface area (Å²) >= 11 is 0. The monoisotopic (exact) mass is 899 g/mol. The Morgan fingerprint density at radius 3 is 0.633 bits per heavy atom. The van der Waals surface area contributed by atoms with Gasteiger partial charge in [-0.25, -0.2) is 23.4 Å². The molecule has 0 saturated carbocycles. The molecule has 0 saturated heterocycles. The second-order valence-electron chi connectivity index (χ2n) is 8.77. The standard InChI is InChI=1S/C24H50N8O14.14CH4/c25-29-21(33)15-41-5-1-37-11-19(12-38-2-6-42-16-22(34)30-26)45-9-10-46-20(13-39-3-7-43-17-23(35)31-27)14-40-4-8-44-18-24(36)32-28;;;;;;;;;;;;;;/h19-20H,1-18,25-28H2,(H,29,33)(H,30,34)(H,31,35)(H,32,36);14*1H4. The van der Waals surface area contributed by atoms with Crippen molar-refractivity contribution in [1.29, 1.82) is 0 Å². The van der Waals surface area contributed by atoms with Crippen LogP contribution in [0.4, 0.5) is 0 Å². The zero-order valence-corrected chi connectivity index (χ0v) is 25.9. The van der Waals surface area contributed by atoms with Gasteiger partial charge in [-0.15, -0.1) is 0 Å². The zero-order chi connectivity index (χ0) is 34.1. The smallest absolute Gasteiger partial charge is 0.259 e. The number of ether oxygens (including phenoxy) is 10. The Hall–Kier alpha value is -2.68. The topological polar surface area (TPSA) is 313 Å². The van der Waals surface area contributed by atoms with Crippen LogP contribution >= 0.6 is 0 Å². The van der Waals surface area contributed by atoms with Crippen LogP contribution < -0.4 is 45.1 Å². The van der Waals surface area contributed by atoms with E-state index in [-0.39, 0.29) is 223 Å². The largest absolute Gasteiger partial charge is 0.376 e. The summed E-state index contributed by atoms with van der Waals surface area (Å²) < 4.78 is 54.5. The van der Waals surface area contributed by atoms with Gasteiger partial charge in [0.05, 0.1) is 92.5 Å². The average molecular weight is 899 g/mol. The molecule has 22 nitrogen and oxygen atoms in total. The Kier molecular flexibility index (Phi) is 130. The van der Waals surface area contributed by atoms with Crippen molar-refractivity contribution in [2.75, 3.05) is 119 Å². The molecule has 0 aliphatic rings. The maximum atomic E-state index is 11.1. The molecule has 0 unspecified atom stereocenters. The van der Waals surface area contributed by atoms with Gasteiger partial charge in [-0.2, -0.15) is 0 Å². The van der Waals surface area contributed by atoms with E-state index >= 15 is 0 Å². The van der Waals surface area contributed by atoms with Crippen LogP contribution in [0.2, 0.25) is 0 Å². The number of hydrogen-bond acceptors (Lipinski definition) is 18. The Morgan fingerprint density at radius 1 is 0.300 bits per heavy atom. The van der Waals surface area contributed by atoms with E-state index in [0.29, 0.717) is 0 Å². The van der Waals surface area contributed by atoms with Crippen molar-refractivity contribution in [3.8, 4) is 0 Å². The Labute approximate surface area is 370 Å². The van der Waals surface area contributed by atoms with Crippen LogP contribution in [0.25, 0.3) is 0 Å². The summed E-state index contributed by atoms with van der Waals surface area (Å²) in [5, 5.41) is 0. The Bertz CT molecular complexity index is 682. The van der Waals surface area contributed by atoms with Gasteiger partial charge in [-0.1, -0.05) is 104 Å². The molecule has 0 aliphatic carbocycles. The molecule has 22 heteroatoms. The van der Waals surface area contributed by atoms with Crippen molar-refractivity contribution < 1.29 is 66.5 Å². The number of amides is 4. The first-order valence-corrected chi connectivity index (χ1v) is 14.2. The molecule has 0 radical (unpaired) electrons. The first-order chi connectivity index (χ1) is 22.4. The molecule has 0 fully saturated rings. The molecule has 4 amide bonds. The fraction of sp³-hybridized carbons (Fsp3) is 0.895. The SMILES string of the molecule is C.C.C.C.C.C.C.C.C.C.C.C.C.C.NNC(=O)COCCOCC(COCCOCC(=O)NN)OCCOC(COCCOCC(=O)NN)COCCOCC(=O)NN. The lowest BCUT2D eigenvalue weighted by Crippen LogP contribution is -2.34. The minimum atomic E-state index is -0.500. The lowest BCUT2D eigenvalue weighted by atomic mass is 10.4. The second-order valence-corrected chi connectivity index (χ2v) is 8.77. The summed E-state index contributed by atoms with van der Waals surface area (Å²) in [5.74, 6) is 18.1. The summed E-state index contributed by atoms with van der Waals surface area (Å²) in [7, 11) is 0. The van der Waals surface area contributed by atoms with Crippen molar-refractivity contribution in [3.05, 3.63) is 0 Å². The highest BCUT2D eigenvalue weighted by molar-refractivity contribution is 5.77. The maximum Gasteiger partial charge on any atom is 0.259 e. The van der Waals surface area contributed by atoms with E-state index in [0.717, 1.165) is 0 Å². The van der Waals surface area contributed by atoms with E-state index in [1.807, 2.05) is 21.7 Å². The minimum Gasteiger partial charge on any atom is -0.376 e. The maximum absolute atomic E-state index is 11.1. The zero-order valence-electron chi connectivity index (χ0n) is 25.9. The summed E-state index contributed by atoms with van der Waals surface area (Å²) in [5.41, 5.74) is 7.82. The first kappa shape index (κ1) is 102. The molecule has 12 N–H and O–H groups in total. The molecule has 0 atom stereocenters. The first-order valence-electron chi connectivity index (χ1n) is 14.2. The quantitative estimate of drug-likeness (QED) is 0.0203.